The number of carboxylic acid groups (broad SMARTS) is 1. The Balaban J connectivity index is 1.72. The lowest BCUT2D eigenvalue weighted by Gasteiger charge is -2.41. The van der Waals surface area contributed by atoms with Crippen LogP contribution in [0.5, 0.6) is 23.0 Å². The summed E-state index contributed by atoms with van der Waals surface area (Å²) in [5.74, 6) is 0.728. The Kier molecular flexibility index (Phi) is 8.79. The second-order valence-electron chi connectivity index (χ2n) is 8.31. The van der Waals surface area contributed by atoms with Crippen LogP contribution in [0.15, 0.2) is 36.4 Å². The summed E-state index contributed by atoms with van der Waals surface area (Å²) in [6.45, 7) is 0.111. The Morgan fingerprint density at radius 3 is 1.54 bits per heavy atom. The molecule has 1 fully saturated rings. The molecular formula is C25H32O10. The van der Waals surface area contributed by atoms with Gasteiger partial charge in [-0.25, -0.2) is 4.79 Å². The number of aliphatic carboxylic acids is 1. The predicted molar refractivity (Wildman–Crippen MR) is 124 cm³/mol. The van der Waals surface area contributed by atoms with E-state index in [9.17, 15) is 20.1 Å². The van der Waals surface area contributed by atoms with Crippen molar-refractivity contribution in [1.29, 1.82) is 0 Å². The largest absolute Gasteiger partial charge is 0.493 e. The highest BCUT2D eigenvalue weighted by Gasteiger charge is 2.50. The minimum atomic E-state index is -2.11. The molecule has 0 aliphatic heterocycles. The second-order valence-corrected chi connectivity index (χ2v) is 8.31. The molecule has 0 bridgehead atoms. The van der Waals surface area contributed by atoms with Crippen LogP contribution in [0.2, 0.25) is 0 Å². The summed E-state index contributed by atoms with van der Waals surface area (Å²) in [7, 11) is 6.09. The number of carboxylic acids is 1. The number of carbonyl (C=O) groups is 1. The van der Waals surface area contributed by atoms with Gasteiger partial charge < -0.3 is 43.7 Å². The molecule has 0 unspecified atom stereocenters. The van der Waals surface area contributed by atoms with Gasteiger partial charge in [-0.3, -0.25) is 0 Å². The zero-order valence-electron chi connectivity index (χ0n) is 20.2. The van der Waals surface area contributed by atoms with Gasteiger partial charge in [0, 0.05) is 12.8 Å². The van der Waals surface area contributed by atoms with Crippen molar-refractivity contribution >= 4 is 5.97 Å². The van der Waals surface area contributed by atoms with Crippen molar-refractivity contribution in [3.05, 3.63) is 47.5 Å². The maximum atomic E-state index is 11.8. The Morgan fingerprint density at radius 1 is 0.800 bits per heavy atom. The van der Waals surface area contributed by atoms with Gasteiger partial charge in [-0.15, -0.1) is 0 Å². The molecule has 1 aliphatic rings. The quantitative estimate of drug-likeness (QED) is 0.429. The van der Waals surface area contributed by atoms with Gasteiger partial charge in [0.15, 0.2) is 28.6 Å². The first-order valence-electron chi connectivity index (χ1n) is 11.0. The van der Waals surface area contributed by atoms with Gasteiger partial charge >= 0.3 is 5.97 Å². The van der Waals surface area contributed by atoms with E-state index in [1.807, 2.05) is 0 Å². The first kappa shape index (κ1) is 26.6. The summed E-state index contributed by atoms with van der Waals surface area (Å²) in [5, 5.41) is 31.3. The summed E-state index contributed by atoms with van der Waals surface area (Å²) in [6.07, 6.45) is -3.68. The molecule has 0 aromatic heterocycles. The van der Waals surface area contributed by atoms with E-state index in [0.717, 1.165) is 11.1 Å². The van der Waals surface area contributed by atoms with Crippen LogP contribution in [-0.2, 0) is 27.5 Å². The number of aliphatic hydroxyl groups is 2. The predicted octanol–water partition coefficient (Wildman–Crippen LogP) is 2.16. The summed E-state index contributed by atoms with van der Waals surface area (Å²) in [4.78, 5) is 11.8. The number of rotatable bonds is 11. The van der Waals surface area contributed by atoms with E-state index in [1.165, 1.54) is 28.4 Å². The average molecular weight is 493 g/mol. The van der Waals surface area contributed by atoms with Crippen LogP contribution in [-0.4, -0.2) is 73.6 Å². The molecule has 3 N–H and O–H groups in total. The first-order valence-corrected chi connectivity index (χ1v) is 11.0. The van der Waals surface area contributed by atoms with E-state index in [2.05, 4.69) is 0 Å². The molecule has 0 saturated heterocycles. The maximum Gasteiger partial charge on any atom is 0.335 e. The van der Waals surface area contributed by atoms with Gasteiger partial charge in [0.05, 0.1) is 53.9 Å². The standard InChI is InChI=1S/C25H32O10/c1-30-17-7-5-15(9-19(17)32-3)13-34-21-11-25(29,24(27)28)12-22(23(21)26)35-14-16-6-8-18(31-2)20(10-16)33-4/h5-10,21-23,26,29H,11-14H2,1-4H3,(H,27,28)/t21-,22-,23?,25?/m1/s1. The van der Waals surface area contributed by atoms with Crippen LogP contribution in [0, 0.1) is 0 Å². The SMILES string of the molecule is COc1ccc(CO[C@@H]2CC(O)(C(=O)O)C[C@@H](OCc3ccc(OC)c(OC)c3)C2O)cc1OC. The van der Waals surface area contributed by atoms with Gasteiger partial charge in [0.2, 0.25) is 0 Å². The molecule has 2 aromatic carbocycles. The van der Waals surface area contributed by atoms with Gasteiger partial charge in [0.25, 0.3) is 0 Å². The molecule has 2 atom stereocenters. The molecule has 10 heteroatoms. The van der Waals surface area contributed by atoms with E-state index < -0.39 is 29.9 Å². The van der Waals surface area contributed by atoms with Gasteiger partial charge in [-0.05, 0) is 35.4 Å². The fourth-order valence-electron chi connectivity index (χ4n) is 4.07. The van der Waals surface area contributed by atoms with Crippen molar-refractivity contribution in [2.24, 2.45) is 0 Å². The Labute approximate surface area is 203 Å². The van der Waals surface area contributed by atoms with Crippen LogP contribution >= 0.6 is 0 Å². The van der Waals surface area contributed by atoms with Crippen molar-refractivity contribution < 1.29 is 48.5 Å². The molecule has 0 amide bonds. The van der Waals surface area contributed by atoms with E-state index in [-0.39, 0.29) is 26.1 Å². The number of hydrogen-bond acceptors (Lipinski definition) is 9. The van der Waals surface area contributed by atoms with Crippen LogP contribution in [0.3, 0.4) is 0 Å². The Hall–Kier alpha value is -3.05. The molecule has 10 nitrogen and oxygen atoms in total. The second kappa shape index (κ2) is 11.6. The van der Waals surface area contributed by atoms with Crippen LogP contribution in [0.25, 0.3) is 0 Å². The molecule has 0 heterocycles. The zero-order chi connectivity index (χ0) is 25.6. The molecule has 0 spiro atoms. The highest BCUT2D eigenvalue weighted by molar-refractivity contribution is 5.77. The zero-order valence-corrected chi connectivity index (χ0v) is 20.2. The van der Waals surface area contributed by atoms with E-state index in [0.29, 0.717) is 23.0 Å². The lowest BCUT2D eigenvalue weighted by Crippen LogP contribution is -2.57. The summed E-state index contributed by atoms with van der Waals surface area (Å²) >= 11 is 0. The monoisotopic (exact) mass is 492 g/mol. The lowest BCUT2D eigenvalue weighted by atomic mass is 9.79. The molecule has 0 radical (unpaired) electrons. The summed E-state index contributed by atoms with van der Waals surface area (Å²) in [5.41, 5.74) is -0.659. The third kappa shape index (κ3) is 6.15. The third-order valence-electron chi connectivity index (χ3n) is 6.06. The average Bonchev–Trinajstić information content (AvgIpc) is 2.87. The molecule has 1 saturated carbocycles. The molecular weight excluding hydrogens is 460 g/mol. The molecule has 3 rings (SSSR count). The van der Waals surface area contributed by atoms with Gasteiger partial charge in [0.1, 0.15) is 6.10 Å². The lowest BCUT2D eigenvalue weighted by molar-refractivity contribution is -0.205. The number of benzene rings is 2. The highest BCUT2D eigenvalue weighted by Crippen LogP contribution is 2.35. The van der Waals surface area contributed by atoms with Crippen LogP contribution in [0.1, 0.15) is 24.0 Å². The number of aliphatic hydroxyl groups excluding tert-OH is 1. The fourth-order valence-corrected chi connectivity index (χ4v) is 4.07. The Bertz CT molecular complexity index is 938. The molecule has 2 aromatic rings. The normalized spacial score (nSPS) is 24.0. The first-order chi connectivity index (χ1) is 16.7. The van der Waals surface area contributed by atoms with Gasteiger partial charge in [-0.2, -0.15) is 0 Å². The minimum absolute atomic E-state index is 0.0557. The van der Waals surface area contributed by atoms with Gasteiger partial charge in [-0.1, -0.05) is 12.1 Å². The molecule has 192 valence electrons. The van der Waals surface area contributed by atoms with Crippen molar-refractivity contribution in [2.75, 3.05) is 28.4 Å². The smallest absolute Gasteiger partial charge is 0.335 e. The highest BCUT2D eigenvalue weighted by atomic mass is 16.5. The third-order valence-corrected chi connectivity index (χ3v) is 6.06. The van der Waals surface area contributed by atoms with E-state index >= 15 is 0 Å². The number of ether oxygens (including phenoxy) is 6. The number of hydrogen-bond donors (Lipinski definition) is 3. The summed E-state index contributed by atoms with van der Waals surface area (Å²) < 4.78 is 32.8. The minimum Gasteiger partial charge on any atom is -0.493 e. The number of methoxy groups -OCH3 is 4. The topological polar surface area (TPSA) is 133 Å². The molecule has 1 aliphatic carbocycles. The fraction of sp³-hybridized carbons (Fsp3) is 0.480. The van der Waals surface area contributed by atoms with E-state index in [1.54, 1.807) is 36.4 Å². The van der Waals surface area contributed by atoms with Crippen LogP contribution < -0.4 is 18.9 Å². The van der Waals surface area contributed by atoms with Crippen molar-refractivity contribution in [2.45, 2.75) is 50.0 Å². The van der Waals surface area contributed by atoms with Crippen molar-refractivity contribution in [3.8, 4) is 23.0 Å². The van der Waals surface area contributed by atoms with Crippen molar-refractivity contribution in [3.63, 3.8) is 0 Å². The Morgan fingerprint density at radius 2 is 1.20 bits per heavy atom. The van der Waals surface area contributed by atoms with E-state index in [4.69, 9.17) is 28.4 Å². The summed E-state index contributed by atoms with van der Waals surface area (Å²) in [6, 6.07) is 10.4. The van der Waals surface area contributed by atoms with Crippen molar-refractivity contribution in [1.82, 2.24) is 0 Å². The molecule has 35 heavy (non-hydrogen) atoms. The maximum absolute atomic E-state index is 11.8. The van der Waals surface area contributed by atoms with Crippen LogP contribution in [0.4, 0.5) is 0 Å².